The van der Waals surface area contributed by atoms with Crippen LogP contribution in [0.2, 0.25) is 0 Å². The number of hydrogen-bond acceptors (Lipinski definition) is 3. The molecule has 0 radical (unpaired) electrons. The molecular formula is C14H24N2O. The maximum absolute atomic E-state index is 5.79. The van der Waals surface area contributed by atoms with E-state index in [0.29, 0.717) is 6.61 Å². The van der Waals surface area contributed by atoms with Crippen LogP contribution in [0.3, 0.4) is 0 Å². The fourth-order valence-corrected chi connectivity index (χ4v) is 2.21. The molecule has 0 aromatic heterocycles. The number of nitrogens with one attached hydrogen (secondary N) is 1. The van der Waals surface area contributed by atoms with E-state index >= 15 is 0 Å². The molecule has 0 amide bonds. The van der Waals surface area contributed by atoms with Gasteiger partial charge >= 0.3 is 0 Å². The van der Waals surface area contributed by atoms with Gasteiger partial charge in [0.25, 0.3) is 0 Å². The van der Waals surface area contributed by atoms with Crippen molar-refractivity contribution in [2.24, 2.45) is 5.84 Å². The highest BCUT2D eigenvalue weighted by Crippen LogP contribution is 2.31. The van der Waals surface area contributed by atoms with Crippen LogP contribution < -0.4 is 11.3 Å². The van der Waals surface area contributed by atoms with Crippen molar-refractivity contribution in [2.45, 2.75) is 46.3 Å². The van der Waals surface area contributed by atoms with Crippen LogP contribution in [-0.4, -0.2) is 12.2 Å². The third kappa shape index (κ3) is 3.06. The van der Waals surface area contributed by atoms with Crippen molar-refractivity contribution in [1.29, 1.82) is 0 Å². The number of rotatable bonds is 5. The Morgan fingerprint density at radius 1 is 1.35 bits per heavy atom. The van der Waals surface area contributed by atoms with E-state index < -0.39 is 0 Å². The molecule has 96 valence electrons. The van der Waals surface area contributed by atoms with Gasteiger partial charge in [0.2, 0.25) is 0 Å². The summed E-state index contributed by atoms with van der Waals surface area (Å²) in [6, 6.07) is 6.26. The lowest BCUT2D eigenvalue weighted by Gasteiger charge is -2.35. The molecule has 1 aromatic rings. The number of aryl methyl sites for hydroxylation is 1. The minimum absolute atomic E-state index is 0.0117. The first-order valence-electron chi connectivity index (χ1n) is 6.10. The second-order valence-electron chi connectivity index (χ2n) is 4.93. The first-order valence-corrected chi connectivity index (χ1v) is 6.10. The molecule has 0 saturated heterocycles. The first-order chi connectivity index (χ1) is 7.94. The summed E-state index contributed by atoms with van der Waals surface area (Å²) in [5.41, 5.74) is 6.30. The van der Waals surface area contributed by atoms with E-state index in [-0.39, 0.29) is 11.6 Å². The maximum Gasteiger partial charge on any atom is 0.0833 e. The van der Waals surface area contributed by atoms with Gasteiger partial charge in [-0.25, -0.2) is 0 Å². The lowest BCUT2D eigenvalue weighted by atomic mass is 9.88. The number of benzene rings is 1. The molecule has 1 atom stereocenters. The molecule has 3 nitrogen and oxygen atoms in total. The fraction of sp³-hybridized carbons (Fsp3) is 0.571. The molecule has 0 bridgehead atoms. The average molecular weight is 236 g/mol. The molecule has 1 aromatic carbocycles. The molecule has 3 heteroatoms. The van der Waals surface area contributed by atoms with Crippen molar-refractivity contribution in [2.75, 3.05) is 6.61 Å². The molecule has 0 spiro atoms. The van der Waals surface area contributed by atoms with Crippen molar-refractivity contribution >= 4 is 0 Å². The second kappa shape index (κ2) is 5.63. The van der Waals surface area contributed by atoms with Crippen LogP contribution in [0.5, 0.6) is 0 Å². The fourth-order valence-electron chi connectivity index (χ4n) is 2.21. The zero-order valence-corrected chi connectivity index (χ0v) is 11.5. The van der Waals surface area contributed by atoms with Crippen molar-refractivity contribution in [3.63, 3.8) is 0 Å². The molecule has 1 rings (SSSR count). The Morgan fingerprint density at radius 3 is 2.53 bits per heavy atom. The Kier molecular flexibility index (Phi) is 4.69. The summed E-state index contributed by atoms with van der Waals surface area (Å²) in [7, 11) is 0. The van der Waals surface area contributed by atoms with Crippen LogP contribution in [0.15, 0.2) is 18.2 Å². The summed E-state index contributed by atoms with van der Waals surface area (Å²) in [6.07, 6.45) is 0. The van der Waals surface area contributed by atoms with E-state index in [1.54, 1.807) is 0 Å². The normalized spacial score (nSPS) is 13.8. The maximum atomic E-state index is 5.79. The summed E-state index contributed by atoms with van der Waals surface area (Å²) < 4.78 is 5.79. The average Bonchev–Trinajstić information content (AvgIpc) is 2.24. The molecule has 0 aliphatic heterocycles. The molecular weight excluding hydrogens is 212 g/mol. The molecule has 3 N–H and O–H groups in total. The van der Waals surface area contributed by atoms with E-state index in [9.17, 15) is 0 Å². The van der Waals surface area contributed by atoms with Crippen LogP contribution >= 0.6 is 0 Å². The van der Waals surface area contributed by atoms with E-state index in [1.165, 1.54) is 16.7 Å². The van der Waals surface area contributed by atoms with Gasteiger partial charge in [-0.05, 0) is 51.3 Å². The van der Waals surface area contributed by atoms with E-state index in [4.69, 9.17) is 10.6 Å². The smallest absolute Gasteiger partial charge is 0.0833 e. The highest BCUT2D eigenvalue weighted by Gasteiger charge is 2.31. The zero-order chi connectivity index (χ0) is 13.1. The van der Waals surface area contributed by atoms with Crippen molar-refractivity contribution in [3.05, 3.63) is 34.9 Å². The Bertz CT molecular complexity index is 374. The molecule has 0 aliphatic carbocycles. The van der Waals surface area contributed by atoms with E-state index in [0.717, 1.165) is 0 Å². The lowest BCUT2D eigenvalue weighted by molar-refractivity contribution is -0.0394. The second-order valence-corrected chi connectivity index (χ2v) is 4.93. The third-order valence-corrected chi connectivity index (χ3v) is 3.34. The van der Waals surface area contributed by atoms with Crippen LogP contribution in [0, 0.1) is 13.8 Å². The summed E-state index contributed by atoms with van der Waals surface area (Å²) in [6.45, 7) is 11.0. The van der Waals surface area contributed by atoms with Gasteiger partial charge in [-0.3, -0.25) is 11.3 Å². The summed E-state index contributed by atoms with van der Waals surface area (Å²) in [5.74, 6) is 5.71. The minimum Gasteiger partial charge on any atom is -0.374 e. The van der Waals surface area contributed by atoms with Crippen LogP contribution in [-0.2, 0) is 4.74 Å². The third-order valence-electron chi connectivity index (χ3n) is 3.34. The number of hydrazine groups is 1. The highest BCUT2D eigenvalue weighted by molar-refractivity contribution is 5.36. The van der Waals surface area contributed by atoms with Crippen molar-refractivity contribution in [1.82, 2.24) is 5.43 Å². The van der Waals surface area contributed by atoms with Crippen molar-refractivity contribution < 1.29 is 4.74 Å². The number of hydrogen-bond donors (Lipinski definition) is 2. The van der Waals surface area contributed by atoms with Gasteiger partial charge in [-0.2, -0.15) is 0 Å². The van der Waals surface area contributed by atoms with Gasteiger partial charge < -0.3 is 4.74 Å². The minimum atomic E-state index is -0.331. The summed E-state index contributed by atoms with van der Waals surface area (Å²) in [4.78, 5) is 0. The van der Waals surface area contributed by atoms with Crippen LogP contribution in [0.1, 0.15) is 43.5 Å². The van der Waals surface area contributed by atoms with Crippen LogP contribution in [0.25, 0.3) is 0 Å². The molecule has 0 fully saturated rings. The highest BCUT2D eigenvalue weighted by atomic mass is 16.5. The first kappa shape index (κ1) is 14.2. The predicted octanol–water partition coefficient (Wildman–Crippen LogP) is 2.62. The Morgan fingerprint density at radius 2 is 2.00 bits per heavy atom. The molecule has 0 aliphatic rings. The van der Waals surface area contributed by atoms with Gasteiger partial charge in [0, 0.05) is 6.61 Å². The Balaban J connectivity index is 3.13. The monoisotopic (exact) mass is 236 g/mol. The summed E-state index contributed by atoms with van der Waals surface area (Å²) >= 11 is 0. The standard InChI is InChI=1S/C14H24N2O/c1-6-17-14(4,5)13(16-15)12-9-7-8-10(2)11(12)3/h7-9,13,16H,6,15H2,1-5H3. The predicted molar refractivity (Wildman–Crippen MR) is 71.7 cm³/mol. The largest absolute Gasteiger partial charge is 0.374 e. The van der Waals surface area contributed by atoms with Gasteiger partial charge in [0.15, 0.2) is 0 Å². The lowest BCUT2D eigenvalue weighted by Crippen LogP contribution is -2.45. The summed E-state index contributed by atoms with van der Waals surface area (Å²) in [5, 5.41) is 0. The van der Waals surface area contributed by atoms with Gasteiger partial charge in [0.1, 0.15) is 0 Å². The number of nitrogens with two attached hydrogens (primary N) is 1. The SMILES string of the molecule is CCOC(C)(C)C(NN)c1cccc(C)c1C. The topological polar surface area (TPSA) is 47.3 Å². The van der Waals surface area contributed by atoms with Crippen LogP contribution in [0.4, 0.5) is 0 Å². The number of ether oxygens (including phenoxy) is 1. The Hall–Kier alpha value is -0.900. The van der Waals surface area contributed by atoms with E-state index in [1.807, 2.05) is 6.92 Å². The Labute approximate surface area is 104 Å². The van der Waals surface area contributed by atoms with Gasteiger partial charge in [0.05, 0.1) is 11.6 Å². The molecule has 0 saturated carbocycles. The van der Waals surface area contributed by atoms with Gasteiger partial charge in [-0.15, -0.1) is 0 Å². The van der Waals surface area contributed by atoms with Gasteiger partial charge in [-0.1, -0.05) is 18.2 Å². The molecule has 1 unspecified atom stereocenters. The van der Waals surface area contributed by atoms with E-state index in [2.05, 4.69) is 51.3 Å². The molecule has 0 heterocycles. The quantitative estimate of drug-likeness (QED) is 0.610. The zero-order valence-electron chi connectivity index (χ0n) is 11.5. The molecule has 17 heavy (non-hydrogen) atoms. The van der Waals surface area contributed by atoms with Crippen molar-refractivity contribution in [3.8, 4) is 0 Å².